The molecule has 1 saturated heterocycles. The fraction of sp³-hybridized carbons (Fsp3) is 0.435. The maximum absolute atomic E-state index is 6.18. The van der Waals surface area contributed by atoms with E-state index in [1.807, 2.05) is 24.3 Å². The van der Waals surface area contributed by atoms with Gasteiger partial charge in [-0.25, -0.2) is 4.98 Å². The summed E-state index contributed by atoms with van der Waals surface area (Å²) in [6.45, 7) is 10.2. The molecule has 0 spiro atoms. The number of piperazine rings is 1. The average molecular weight is 426 g/mol. The smallest absolute Gasteiger partial charge is 0.186 e. The normalized spacial score (nSPS) is 19.3. The third-order valence-electron chi connectivity index (χ3n) is 6.18. The van der Waals surface area contributed by atoms with Gasteiger partial charge in [-0.05, 0) is 32.0 Å². The molecule has 5 rings (SSSR count). The molecule has 2 aromatic heterocycles. The second-order valence-electron chi connectivity index (χ2n) is 8.35. The highest BCUT2D eigenvalue weighted by Crippen LogP contribution is 2.34. The van der Waals surface area contributed by atoms with Crippen LogP contribution >= 0.6 is 11.3 Å². The zero-order valence-corrected chi connectivity index (χ0v) is 18.7. The number of likely N-dealkylation sites (N-methyl/N-ethyl adjacent to an activating group) is 1. The number of benzene rings is 1. The predicted molar refractivity (Wildman–Crippen MR) is 120 cm³/mol. The van der Waals surface area contributed by atoms with Crippen LogP contribution in [0.4, 0.5) is 5.13 Å². The van der Waals surface area contributed by atoms with Gasteiger partial charge in [-0.1, -0.05) is 12.1 Å². The summed E-state index contributed by atoms with van der Waals surface area (Å²) in [6, 6.07) is 10.1. The van der Waals surface area contributed by atoms with Gasteiger partial charge in [-0.2, -0.15) is 0 Å². The van der Waals surface area contributed by atoms with Gasteiger partial charge in [-0.15, -0.1) is 11.3 Å². The van der Waals surface area contributed by atoms with Gasteiger partial charge in [0.25, 0.3) is 0 Å². The molecule has 7 heteroatoms. The van der Waals surface area contributed by atoms with Crippen LogP contribution in [0.3, 0.4) is 0 Å². The van der Waals surface area contributed by atoms with Gasteiger partial charge in [0.1, 0.15) is 6.61 Å². The molecule has 1 atom stereocenters. The second-order valence-corrected chi connectivity index (χ2v) is 9.19. The van der Waals surface area contributed by atoms with E-state index in [1.54, 1.807) is 16.2 Å². The van der Waals surface area contributed by atoms with E-state index in [2.05, 4.69) is 41.8 Å². The molecule has 0 saturated carbocycles. The molecule has 1 aromatic carbocycles. The van der Waals surface area contributed by atoms with E-state index in [9.17, 15) is 0 Å². The van der Waals surface area contributed by atoms with Crippen molar-refractivity contribution >= 4 is 16.5 Å². The van der Waals surface area contributed by atoms with E-state index in [-0.39, 0.29) is 6.10 Å². The Morgan fingerprint density at radius 3 is 2.73 bits per heavy atom. The van der Waals surface area contributed by atoms with Gasteiger partial charge in [0.05, 0.1) is 45.5 Å². The van der Waals surface area contributed by atoms with Crippen molar-refractivity contribution in [3.8, 4) is 22.8 Å². The predicted octanol–water partition coefficient (Wildman–Crippen LogP) is 2.40. The lowest BCUT2D eigenvalue weighted by molar-refractivity contribution is -0.880. The Hall–Kier alpha value is -2.51. The van der Waals surface area contributed by atoms with Gasteiger partial charge in [-0.3, -0.25) is 0 Å². The molecule has 0 bridgehead atoms. The van der Waals surface area contributed by atoms with Crippen LogP contribution in [0, 0.1) is 13.8 Å². The number of anilines is 1. The van der Waals surface area contributed by atoms with Crippen molar-refractivity contribution in [3.05, 3.63) is 47.1 Å². The quantitative estimate of drug-likeness (QED) is 0.697. The van der Waals surface area contributed by atoms with Crippen molar-refractivity contribution in [2.75, 3.05) is 44.7 Å². The van der Waals surface area contributed by atoms with Crippen LogP contribution in [0.5, 0.6) is 11.5 Å². The molecular formula is C23H29N4O2S+. The zero-order chi connectivity index (χ0) is 20.7. The van der Waals surface area contributed by atoms with E-state index < -0.39 is 0 Å². The lowest BCUT2D eigenvalue weighted by Gasteiger charge is -2.29. The zero-order valence-electron chi connectivity index (χ0n) is 17.9. The average Bonchev–Trinajstić information content (AvgIpc) is 3.35. The number of para-hydroxylation sites is 2. The number of aryl methyl sites for hydroxylation is 1. The van der Waals surface area contributed by atoms with Crippen molar-refractivity contribution in [1.82, 2.24) is 9.55 Å². The fourth-order valence-electron chi connectivity index (χ4n) is 4.31. The lowest BCUT2D eigenvalue weighted by atomic mass is 10.2. The summed E-state index contributed by atoms with van der Waals surface area (Å²) in [6.07, 6.45) is -0.00335. The van der Waals surface area contributed by atoms with Gasteiger partial charge in [0, 0.05) is 22.3 Å². The van der Waals surface area contributed by atoms with Crippen LogP contribution in [0.25, 0.3) is 11.3 Å². The largest absolute Gasteiger partial charge is 0.486 e. The van der Waals surface area contributed by atoms with Crippen LogP contribution in [0.2, 0.25) is 0 Å². The fourth-order valence-corrected chi connectivity index (χ4v) is 5.19. The first-order valence-electron chi connectivity index (χ1n) is 10.7. The number of nitrogens with one attached hydrogen (secondary N) is 1. The molecule has 158 valence electrons. The molecule has 0 amide bonds. The van der Waals surface area contributed by atoms with Crippen molar-refractivity contribution in [1.29, 1.82) is 0 Å². The van der Waals surface area contributed by atoms with Gasteiger partial charge in [0.15, 0.2) is 22.7 Å². The van der Waals surface area contributed by atoms with Gasteiger partial charge < -0.3 is 23.8 Å². The summed E-state index contributed by atoms with van der Waals surface area (Å²) in [4.78, 5) is 9.01. The molecule has 0 unspecified atom stereocenters. The molecular weight excluding hydrogens is 396 g/mol. The Labute approximate surface area is 181 Å². The highest BCUT2D eigenvalue weighted by atomic mass is 32.1. The minimum Gasteiger partial charge on any atom is -0.486 e. The Bertz CT molecular complexity index is 1040. The van der Waals surface area contributed by atoms with Crippen LogP contribution in [-0.4, -0.2) is 55.5 Å². The molecule has 4 heterocycles. The number of hydrogen-bond donors (Lipinski definition) is 1. The maximum Gasteiger partial charge on any atom is 0.186 e. The Balaban J connectivity index is 1.33. The monoisotopic (exact) mass is 425 g/mol. The number of rotatable bonds is 4. The number of aromatic nitrogens is 2. The Morgan fingerprint density at radius 1 is 1.17 bits per heavy atom. The third-order valence-corrected chi connectivity index (χ3v) is 7.08. The van der Waals surface area contributed by atoms with Crippen molar-refractivity contribution in [2.24, 2.45) is 0 Å². The summed E-state index contributed by atoms with van der Waals surface area (Å²) in [7, 11) is 2.26. The molecule has 3 aromatic rings. The molecule has 1 fully saturated rings. The number of thiazole rings is 1. The summed E-state index contributed by atoms with van der Waals surface area (Å²) < 4.78 is 14.4. The number of fused-ring (bicyclic) bond motifs is 1. The lowest BCUT2D eigenvalue weighted by Crippen LogP contribution is -3.12. The van der Waals surface area contributed by atoms with Crippen LogP contribution in [0.15, 0.2) is 35.7 Å². The Morgan fingerprint density at radius 2 is 1.93 bits per heavy atom. The number of ether oxygens (including phenoxy) is 2. The first kappa shape index (κ1) is 19.5. The topological polar surface area (TPSA) is 44.0 Å². The molecule has 2 aliphatic rings. The van der Waals surface area contributed by atoms with Crippen molar-refractivity contribution in [2.45, 2.75) is 26.5 Å². The van der Waals surface area contributed by atoms with Crippen LogP contribution < -0.4 is 19.3 Å². The molecule has 0 aliphatic carbocycles. The van der Waals surface area contributed by atoms with E-state index in [0.29, 0.717) is 6.61 Å². The SMILES string of the molecule is Cc1cc(-c2csc(N3CC[NH+](C)CC3)n2)c(C)n1C[C@@H]1COc2ccccc2O1. The number of nitrogens with zero attached hydrogens (tertiary/aromatic N) is 3. The molecule has 30 heavy (non-hydrogen) atoms. The Kier molecular flexibility index (Phi) is 5.16. The summed E-state index contributed by atoms with van der Waals surface area (Å²) >= 11 is 1.76. The van der Waals surface area contributed by atoms with E-state index >= 15 is 0 Å². The minimum absolute atomic E-state index is 0.00335. The number of quaternary nitrogens is 1. The summed E-state index contributed by atoms with van der Waals surface area (Å²) in [5, 5.41) is 3.34. The van der Waals surface area contributed by atoms with Crippen LogP contribution in [0.1, 0.15) is 11.4 Å². The molecule has 1 N–H and O–H groups in total. The molecule has 6 nitrogen and oxygen atoms in total. The standard InChI is InChI=1S/C23H28N4O2S/c1-16-12-19(20-15-30-23(24-20)26-10-8-25(3)9-11-26)17(2)27(16)13-18-14-28-21-6-4-5-7-22(21)29-18/h4-7,12,15,18H,8-11,13-14H2,1-3H3/p+1/t18-/m1/s1. The van der Waals surface area contributed by atoms with Crippen LogP contribution in [-0.2, 0) is 6.54 Å². The molecule has 0 radical (unpaired) electrons. The second kappa shape index (κ2) is 7.96. The van der Waals surface area contributed by atoms with Crippen molar-refractivity contribution in [3.63, 3.8) is 0 Å². The minimum atomic E-state index is -0.00335. The van der Waals surface area contributed by atoms with Gasteiger partial charge >= 0.3 is 0 Å². The third kappa shape index (κ3) is 3.68. The highest BCUT2D eigenvalue weighted by molar-refractivity contribution is 7.14. The van der Waals surface area contributed by atoms with E-state index in [0.717, 1.165) is 42.0 Å². The molecule has 2 aliphatic heterocycles. The van der Waals surface area contributed by atoms with E-state index in [1.165, 1.54) is 30.0 Å². The number of hydrogen-bond acceptors (Lipinski definition) is 5. The first-order valence-corrected chi connectivity index (χ1v) is 11.5. The summed E-state index contributed by atoms with van der Waals surface area (Å²) in [5.74, 6) is 1.66. The van der Waals surface area contributed by atoms with Gasteiger partial charge in [0.2, 0.25) is 0 Å². The first-order chi connectivity index (χ1) is 14.6. The summed E-state index contributed by atoms with van der Waals surface area (Å²) in [5.41, 5.74) is 4.75. The van der Waals surface area contributed by atoms with E-state index in [4.69, 9.17) is 14.5 Å². The highest BCUT2D eigenvalue weighted by Gasteiger charge is 2.24. The van der Waals surface area contributed by atoms with Crippen molar-refractivity contribution < 1.29 is 14.4 Å². The maximum atomic E-state index is 6.18.